The zero-order valence-corrected chi connectivity index (χ0v) is 12.5. The lowest BCUT2D eigenvalue weighted by atomic mass is 9.99. The second kappa shape index (κ2) is 5.73. The largest absolute Gasteiger partial charge is 0.469 e. The maximum atomic E-state index is 12.1. The lowest BCUT2D eigenvalue weighted by molar-refractivity contribution is 0.0848. The number of furan rings is 1. The van der Waals surface area contributed by atoms with E-state index in [2.05, 4.69) is 10.9 Å². The molecule has 0 saturated carbocycles. The van der Waals surface area contributed by atoms with Crippen LogP contribution in [0.4, 0.5) is 0 Å². The molecule has 2 amide bonds. The van der Waals surface area contributed by atoms with E-state index in [1.54, 1.807) is 13.0 Å². The van der Waals surface area contributed by atoms with E-state index in [0.29, 0.717) is 16.2 Å². The molecule has 0 bridgehead atoms. The number of hydrazine groups is 1. The molecule has 110 valence electrons. The molecule has 6 heteroatoms. The van der Waals surface area contributed by atoms with E-state index in [-0.39, 0.29) is 11.8 Å². The fourth-order valence-electron chi connectivity index (χ4n) is 2.47. The van der Waals surface area contributed by atoms with Crippen molar-refractivity contribution < 1.29 is 14.0 Å². The topological polar surface area (TPSA) is 71.3 Å². The van der Waals surface area contributed by atoms with Crippen molar-refractivity contribution in [3.05, 3.63) is 45.0 Å². The van der Waals surface area contributed by atoms with Crippen molar-refractivity contribution >= 4 is 23.2 Å². The van der Waals surface area contributed by atoms with Gasteiger partial charge in [0.25, 0.3) is 11.8 Å². The van der Waals surface area contributed by atoms with Crippen LogP contribution in [0, 0.1) is 6.92 Å². The number of fused-ring (bicyclic) bond motifs is 1. The van der Waals surface area contributed by atoms with Crippen molar-refractivity contribution in [1.29, 1.82) is 0 Å². The van der Waals surface area contributed by atoms with E-state index in [1.165, 1.54) is 40.9 Å². The third-order valence-corrected chi connectivity index (χ3v) is 4.85. The number of hydrogen-bond donors (Lipinski definition) is 2. The van der Waals surface area contributed by atoms with Crippen LogP contribution in [-0.4, -0.2) is 11.8 Å². The van der Waals surface area contributed by atoms with Crippen molar-refractivity contribution in [3.8, 4) is 0 Å². The van der Waals surface area contributed by atoms with Gasteiger partial charge in [0.2, 0.25) is 0 Å². The normalized spacial score (nSPS) is 13.6. The van der Waals surface area contributed by atoms with Crippen LogP contribution in [0.5, 0.6) is 0 Å². The third-order valence-electron chi connectivity index (χ3n) is 3.61. The highest BCUT2D eigenvalue weighted by atomic mass is 32.1. The summed E-state index contributed by atoms with van der Waals surface area (Å²) in [4.78, 5) is 25.9. The molecule has 21 heavy (non-hydrogen) atoms. The molecule has 0 fully saturated rings. The predicted molar refractivity (Wildman–Crippen MR) is 79.3 cm³/mol. The Morgan fingerprint density at radius 2 is 1.95 bits per heavy atom. The number of nitrogens with one attached hydrogen (secondary N) is 2. The molecular formula is C15H16N2O3S. The van der Waals surface area contributed by atoms with E-state index in [1.807, 2.05) is 6.07 Å². The van der Waals surface area contributed by atoms with Crippen LogP contribution in [0.2, 0.25) is 0 Å². The molecule has 0 saturated heterocycles. The van der Waals surface area contributed by atoms with Gasteiger partial charge in [-0.2, -0.15) is 0 Å². The number of carbonyl (C=O) groups is 2. The fourth-order valence-corrected chi connectivity index (χ4v) is 3.61. The molecule has 5 nitrogen and oxygen atoms in total. The SMILES string of the molecule is Cc1occc1C(=O)NNC(=O)c1cc2c(s1)CCCC2. The molecular weight excluding hydrogens is 288 g/mol. The maximum absolute atomic E-state index is 12.1. The zero-order valence-electron chi connectivity index (χ0n) is 11.7. The first-order chi connectivity index (χ1) is 10.1. The Hall–Kier alpha value is -2.08. The molecule has 2 aromatic rings. The summed E-state index contributed by atoms with van der Waals surface area (Å²) in [6.07, 6.45) is 5.90. The summed E-state index contributed by atoms with van der Waals surface area (Å²) < 4.78 is 5.06. The Balaban J connectivity index is 1.63. The van der Waals surface area contributed by atoms with Crippen LogP contribution in [0.1, 0.15) is 49.1 Å². The minimum Gasteiger partial charge on any atom is -0.469 e. The van der Waals surface area contributed by atoms with Gasteiger partial charge >= 0.3 is 0 Å². The first kappa shape index (κ1) is 13.9. The average Bonchev–Trinajstić information content (AvgIpc) is 3.10. The number of thiophene rings is 1. The minimum atomic E-state index is -0.379. The second-order valence-electron chi connectivity index (χ2n) is 5.06. The van der Waals surface area contributed by atoms with Gasteiger partial charge in [-0.25, -0.2) is 0 Å². The van der Waals surface area contributed by atoms with Gasteiger partial charge in [0.1, 0.15) is 5.76 Å². The van der Waals surface area contributed by atoms with Crippen LogP contribution >= 0.6 is 11.3 Å². The van der Waals surface area contributed by atoms with Gasteiger partial charge in [-0.15, -0.1) is 11.3 Å². The Bertz CT molecular complexity index is 663. The first-order valence-corrected chi connectivity index (χ1v) is 7.73. The molecule has 2 heterocycles. The Morgan fingerprint density at radius 3 is 2.67 bits per heavy atom. The highest BCUT2D eigenvalue weighted by molar-refractivity contribution is 7.14. The summed E-state index contributed by atoms with van der Waals surface area (Å²) in [7, 11) is 0. The lowest BCUT2D eigenvalue weighted by Crippen LogP contribution is -2.41. The average molecular weight is 304 g/mol. The third kappa shape index (κ3) is 2.85. The summed E-state index contributed by atoms with van der Waals surface area (Å²) in [5, 5.41) is 0. The summed E-state index contributed by atoms with van der Waals surface area (Å²) >= 11 is 1.51. The van der Waals surface area contributed by atoms with Crippen molar-refractivity contribution in [2.24, 2.45) is 0 Å². The monoisotopic (exact) mass is 304 g/mol. The molecule has 0 atom stereocenters. The zero-order chi connectivity index (χ0) is 14.8. The molecule has 0 spiro atoms. The van der Waals surface area contributed by atoms with E-state index in [0.717, 1.165) is 12.8 Å². The Labute approximate surface area is 126 Å². The molecule has 1 aliphatic carbocycles. The van der Waals surface area contributed by atoms with Crippen LogP contribution < -0.4 is 10.9 Å². The lowest BCUT2D eigenvalue weighted by Gasteiger charge is -2.08. The Kier molecular flexibility index (Phi) is 3.79. The van der Waals surface area contributed by atoms with Crippen LogP contribution in [-0.2, 0) is 12.8 Å². The molecule has 1 aliphatic rings. The predicted octanol–water partition coefficient (Wildman–Crippen LogP) is 2.60. The number of aryl methyl sites for hydroxylation is 3. The fraction of sp³-hybridized carbons (Fsp3) is 0.333. The quantitative estimate of drug-likeness (QED) is 0.838. The van der Waals surface area contributed by atoms with E-state index in [9.17, 15) is 9.59 Å². The summed E-state index contributed by atoms with van der Waals surface area (Å²) in [6, 6.07) is 3.50. The standard InChI is InChI=1S/C15H16N2O3S/c1-9-11(6-7-20-9)14(18)16-17-15(19)13-8-10-4-2-3-5-12(10)21-13/h6-8H,2-5H2,1H3,(H,16,18)(H,17,19). The molecule has 2 aromatic heterocycles. The highest BCUT2D eigenvalue weighted by Crippen LogP contribution is 2.29. The number of carbonyl (C=O) groups excluding carboxylic acids is 2. The first-order valence-electron chi connectivity index (χ1n) is 6.91. The second-order valence-corrected chi connectivity index (χ2v) is 6.20. The number of rotatable bonds is 2. The van der Waals surface area contributed by atoms with Gasteiger partial charge in [0.05, 0.1) is 16.7 Å². The Morgan fingerprint density at radius 1 is 1.19 bits per heavy atom. The van der Waals surface area contributed by atoms with Crippen molar-refractivity contribution in [2.75, 3.05) is 0 Å². The number of hydrogen-bond acceptors (Lipinski definition) is 4. The van der Waals surface area contributed by atoms with Gasteiger partial charge in [0.15, 0.2) is 0 Å². The van der Waals surface area contributed by atoms with Crippen LogP contribution in [0.15, 0.2) is 22.8 Å². The van der Waals surface area contributed by atoms with Gasteiger partial charge in [0, 0.05) is 4.88 Å². The van der Waals surface area contributed by atoms with Gasteiger partial charge in [-0.3, -0.25) is 20.4 Å². The van der Waals surface area contributed by atoms with Crippen LogP contribution in [0.25, 0.3) is 0 Å². The van der Waals surface area contributed by atoms with E-state index in [4.69, 9.17) is 4.42 Å². The summed E-state index contributed by atoms with van der Waals surface area (Å²) in [6.45, 7) is 1.70. The maximum Gasteiger partial charge on any atom is 0.279 e. The van der Waals surface area contributed by atoms with E-state index < -0.39 is 0 Å². The number of amides is 2. The van der Waals surface area contributed by atoms with Crippen LogP contribution in [0.3, 0.4) is 0 Å². The van der Waals surface area contributed by atoms with Crippen molar-refractivity contribution in [3.63, 3.8) is 0 Å². The van der Waals surface area contributed by atoms with Crippen molar-refractivity contribution in [2.45, 2.75) is 32.6 Å². The van der Waals surface area contributed by atoms with Gasteiger partial charge in [-0.1, -0.05) is 0 Å². The highest BCUT2D eigenvalue weighted by Gasteiger charge is 2.18. The molecule has 0 aromatic carbocycles. The van der Waals surface area contributed by atoms with Gasteiger partial charge < -0.3 is 4.42 Å². The molecule has 0 radical (unpaired) electrons. The molecule has 0 unspecified atom stereocenters. The molecule has 0 aliphatic heterocycles. The molecule has 2 N–H and O–H groups in total. The van der Waals surface area contributed by atoms with Gasteiger partial charge in [-0.05, 0) is 50.3 Å². The summed E-state index contributed by atoms with van der Waals surface area (Å²) in [5.41, 5.74) is 6.56. The minimum absolute atomic E-state index is 0.274. The van der Waals surface area contributed by atoms with E-state index >= 15 is 0 Å². The van der Waals surface area contributed by atoms with Crippen molar-refractivity contribution in [1.82, 2.24) is 10.9 Å². The molecule has 3 rings (SSSR count). The summed E-state index contributed by atoms with van der Waals surface area (Å²) in [5.74, 6) is -0.131. The smallest absolute Gasteiger partial charge is 0.279 e.